The van der Waals surface area contributed by atoms with Crippen molar-refractivity contribution in [2.45, 2.75) is 0 Å². The highest BCUT2D eigenvalue weighted by Gasteiger charge is 2.10. The van der Waals surface area contributed by atoms with Gasteiger partial charge in [0.25, 0.3) is 5.91 Å². The molecule has 17 heavy (non-hydrogen) atoms. The number of carbonyl (C=O) groups excluding carboxylic acids is 1. The van der Waals surface area contributed by atoms with Gasteiger partial charge in [-0.2, -0.15) is 0 Å². The van der Waals surface area contributed by atoms with Crippen LogP contribution >= 0.6 is 15.9 Å². The van der Waals surface area contributed by atoms with E-state index < -0.39 is 0 Å². The fourth-order valence-corrected chi connectivity index (χ4v) is 1.98. The standard InChI is InChI=1S/C12H12BrN3O/c1-16-7-9(14)6-11(16)12(17)15-10-4-2-3-8(13)5-10/h2-7H,14H2,1H3,(H,15,17). The van der Waals surface area contributed by atoms with Crippen LogP contribution in [-0.2, 0) is 7.05 Å². The molecule has 0 atom stereocenters. The molecule has 1 aromatic heterocycles. The van der Waals surface area contributed by atoms with Crippen LogP contribution in [0.25, 0.3) is 0 Å². The topological polar surface area (TPSA) is 60.0 Å². The normalized spacial score (nSPS) is 10.2. The number of anilines is 2. The van der Waals surface area contributed by atoms with Gasteiger partial charge in [-0.3, -0.25) is 4.79 Å². The van der Waals surface area contributed by atoms with E-state index in [1.165, 1.54) is 0 Å². The Labute approximate surface area is 108 Å². The summed E-state index contributed by atoms with van der Waals surface area (Å²) in [6, 6.07) is 9.07. The number of rotatable bonds is 2. The largest absolute Gasteiger partial charge is 0.397 e. The first-order valence-corrected chi connectivity index (χ1v) is 5.84. The average Bonchev–Trinajstić information content (AvgIpc) is 2.58. The molecule has 0 saturated heterocycles. The van der Waals surface area contributed by atoms with Crippen LogP contribution in [0.3, 0.4) is 0 Å². The molecule has 0 bridgehead atoms. The maximum absolute atomic E-state index is 12.0. The molecule has 0 aliphatic heterocycles. The first-order chi connectivity index (χ1) is 8.06. The summed E-state index contributed by atoms with van der Waals surface area (Å²) in [4.78, 5) is 12.0. The smallest absolute Gasteiger partial charge is 0.272 e. The predicted molar refractivity (Wildman–Crippen MR) is 71.9 cm³/mol. The van der Waals surface area contributed by atoms with Crippen LogP contribution in [0.4, 0.5) is 11.4 Å². The quantitative estimate of drug-likeness (QED) is 0.894. The van der Waals surface area contributed by atoms with Crippen LogP contribution in [-0.4, -0.2) is 10.5 Å². The summed E-state index contributed by atoms with van der Waals surface area (Å²) >= 11 is 3.35. The third-order valence-corrected chi connectivity index (χ3v) is 2.83. The van der Waals surface area contributed by atoms with Crippen molar-refractivity contribution in [3.63, 3.8) is 0 Å². The molecule has 0 aliphatic rings. The number of carbonyl (C=O) groups is 1. The summed E-state index contributed by atoms with van der Waals surface area (Å²) in [5, 5.41) is 2.81. The molecule has 3 N–H and O–H groups in total. The number of nitrogen functional groups attached to an aromatic ring is 1. The molecular weight excluding hydrogens is 282 g/mol. The zero-order valence-electron chi connectivity index (χ0n) is 9.27. The van der Waals surface area contributed by atoms with Crippen LogP contribution in [0.1, 0.15) is 10.5 Å². The number of hydrogen-bond donors (Lipinski definition) is 2. The van der Waals surface area contributed by atoms with Crippen LogP contribution in [0, 0.1) is 0 Å². The highest BCUT2D eigenvalue weighted by Crippen LogP contribution is 2.17. The molecule has 88 valence electrons. The number of hydrogen-bond acceptors (Lipinski definition) is 2. The number of aromatic nitrogens is 1. The summed E-state index contributed by atoms with van der Waals surface area (Å²) in [6.45, 7) is 0. The van der Waals surface area contributed by atoms with Crippen LogP contribution in [0.2, 0.25) is 0 Å². The van der Waals surface area contributed by atoms with E-state index >= 15 is 0 Å². The summed E-state index contributed by atoms with van der Waals surface area (Å²) in [6.07, 6.45) is 1.70. The first kappa shape index (κ1) is 11.7. The highest BCUT2D eigenvalue weighted by atomic mass is 79.9. The minimum Gasteiger partial charge on any atom is -0.397 e. The van der Waals surface area contributed by atoms with Gasteiger partial charge in [0.2, 0.25) is 0 Å². The van der Waals surface area contributed by atoms with Gasteiger partial charge in [-0.1, -0.05) is 22.0 Å². The summed E-state index contributed by atoms with van der Waals surface area (Å²) in [5.74, 6) is -0.178. The molecule has 2 rings (SSSR count). The van der Waals surface area contributed by atoms with E-state index in [2.05, 4.69) is 21.2 Å². The van der Waals surface area contributed by atoms with Crippen molar-refractivity contribution in [2.24, 2.45) is 7.05 Å². The number of aryl methyl sites for hydroxylation is 1. The van der Waals surface area contributed by atoms with E-state index in [1.807, 2.05) is 24.3 Å². The van der Waals surface area contributed by atoms with Gasteiger partial charge in [-0.15, -0.1) is 0 Å². The Balaban J connectivity index is 2.20. The zero-order chi connectivity index (χ0) is 12.4. The van der Waals surface area contributed by atoms with Gasteiger partial charge in [-0.25, -0.2) is 0 Å². The molecule has 0 saturated carbocycles. The molecule has 0 fully saturated rings. The van der Waals surface area contributed by atoms with Crippen LogP contribution in [0.5, 0.6) is 0 Å². The molecule has 4 nitrogen and oxygen atoms in total. The molecule has 0 radical (unpaired) electrons. The second kappa shape index (κ2) is 4.63. The second-order valence-electron chi connectivity index (χ2n) is 3.73. The Morgan fingerprint density at radius 1 is 1.41 bits per heavy atom. The fourth-order valence-electron chi connectivity index (χ4n) is 1.58. The number of nitrogens with one attached hydrogen (secondary N) is 1. The molecule has 1 heterocycles. The number of nitrogens with zero attached hydrogens (tertiary/aromatic N) is 1. The van der Waals surface area contributed by atoms with Crippen molar-refractivity contribution in [3.8, 4) is 0 Å². The lowest BCUT2D eigenvalue weighted by Gasteiger charge is -2.06. The summed E-state index contributed by atoms with van der Waals surface area (Å²) in [5.41, 5.74) is 7.47. The maximum Gasteiger partial charge on any atom is 0.272 e. The van der Waals surface area contributed by atoms with Gasteiger partial charge >= 0.3 is 0 Å². The van der Waals surface area contributed by atoms with Gasteiger partial charge in [0, 0.05) is 23.4 Å². The van der Waals surface area contributed by atoms with E-state index in [4.69, 9.17) is 5.73 Å². The Hall–Kier alpha value is -1.75. The van der Waals surface area contributed by atoms with Crippen LogP contribution in [0.15, 0.2) is 41.0 Å². The number of nitrogens with two attached hydrogens (primary N) is 1. The van der Waals surface area contributed by atoms with Crippen molar-refractivity contribution < 1.29 is 4.79 Å². The van der Waals surface area contributed by atoms with E-state index in [1.54, 1.807) is 23.9 Å². The average molecular weight is 294 g/mol. The monoisotopic (exact) mass is 293 g/mol. The van der Waals surface area contributed by atoms with Crippen molar-refractivity contribution in [3.05, 3.63) is 46.7 Å². The summed E-state index contributed by atoms with van der Waals surface area (Å²) < 4.78 is 2.62. The Morgan fingerprint density at radius 2 is 2.18 bits per heavy atom. The number of amides is 1. The molecule has 0 spiro atoms. The molecule has 1 amide bonds. The van der Waals surface area contributed by atoms with Gasteiger partial charge in [0.1, 0.15) is 5.69 Å². The zero-order valence-corrected chi connectivity index (χ0v) is 10.9. The number of halogens is 1. The third kappa shape index (κ3) is 2.68. The maximum atomic E-state index is 12.0. The molecule has 0 aliphatic carbocycles. The van der Waals surface area contributed by atoms with Crippen molar-refractivity contribution >= 4 is 33.2 Å². The van der Waals surface area contributed by atoms with E-state index in [0.717, 1.165) is 10.2 Å². The minimum atomic E-state index is -0.178. The SMILES string of the molecule is Cn1cc(N)cc1C(=O)Nc1cccc(Br)c1. The molecule has 0 unspecified atom stereocenters. The van der Waals surface area contributed by atoms with Gasteiger partial charge in [-0.05, 0) is 24.3 Å². The summed E-state index contributed by atoms with van der Waals surface area (Å²) in [7, 11) is 1.78. The Kier molecular flexibility index (Phi) is 3.19. The lowest BCUT2D eigenvalue weighted by atomic mass is 10.3. The van der Waals surface area contributed by atoms with E-state index in [0.29, 0.717) is 11.4 Å². The third-order valence-electron chi connectivity index (χ3n) is 2.34. The second-order valence-corrected chi connectivity index (χ2v) is 4.65. The Morgan fingerprint density at radius 3 is 2.76 bits per heavy atom. The predicted octanol–water partition coefficient (Wildman–Crippen LogP) is 2.62. The number of benzene rings is 1. The van der Waals surface area contributed by atoms with Gasteiger partial charge in [0.15, 0.2) is 0 Å². The molecular formula is C12H12BrN3O. The van der Waals surface area contributed by atoms with E-state index in [-0.39, 0.29) is 5.91 Å². The van der Waals surface area contributed by atoms with Gasteiger partial charge < -0.3 is 15.6 Å². The molecule has 2 aromatic rings. The van der Waals surface area contributed by atoms with E-state index in [9.17, 15) is 4.79 Å². The minimum absolute atomic E-state index is 0.178. The Bertz CT molecular complexity index is 563. The molecule has 1 aromatic carbocycles. The van der Waals surface area contributed by atoms with Crippen LogP contribution < -0.4 is 11.1 Å². The lowest BCUT2D eigenvalue weighted by molar-refractivity contribution is 0.101. The van der Waals surface area contributed by atoms with Crippen molar-refractivity contribution in [2.75, 3.05) is 11.1 Å². The van der Waals surface area contributed by atoms with Crippen molar-refractivity contribution in [1.82, 2.24) is 4.57 Å². The highest BCUT2D eigenvalue weighted by molar-refractivity contribution is 9.10. The van der Waals surface area contributed by atoms with Crippen molar-refractivity contribution in [1.29, 1.82) is 0 Å². The first-order valence-electron chi connectivity index (χ1n) is 5.05. The molecule has 5 heteroatoms. The fraction of sp³-hybridized carbons (Fsp3) is 0.0833. The van der Waals surface area contributed by atoms with Gasteiger partial charge in [0.05, 0.1) is 5.69 Å². The lowest BCUT2D eigenvalue weighted by Crippen LogP contribution is -2.15.